The van der Waals surface area contributed by atoms with Crippen molar-refractivity contribution in [2.75, 3.05) is 30.6 Å². The second-order valence-electron chi connectivity index (χ2n) is 8.20. The van der Waals surface area contributed by atoms with Gasteiger partial charge in [0.15, 0.2) is 15.6 Å². The highest BCUT2D eigenvalue weighted by Gasteiger charge is 2.26. The van der Waals surface area contributed by atoms with E-state index in [9.17, 15) is 18.6 Å². The third-order valence-electron chi connectivity index (χ3n) is 5.22. The Kier molecular flexibility index (Phi) is 10.2. The van der Waals surface area contributed by atoms with Crippen molar-refractivity contribution in [3.8, 4) is 11.5 Å². The van der Waals surface area contributed by atoms with Crippen LogP contribution in [0.4, 0.5) is 0 Å². The predicted octanol–water partition coefficient (Wildman–Crippen LogP) is 4.47. The molecule has 10 heteroatoms. The van der Waals surface area contributed by atoms with Gasteiger partial charge >= 0.3 is 0 Å². The first-order chi connectivity index (χ1) is 15.4. The summed E-state index contributed by atoms with van der Waals surface area (Å²) in [5.74, 6) is 0.483. The van der Waals surface area contributed by atoms with Crippen molar-refractivity contribution >= 4 is 44.6 Å². The number of alkyl halides is 1. The molecule has 0 saturated heterocycles. The van der Waals surface area contributed by atoms with E-state index in [1.165, 1.54) is 6.92 Å². The number of ether oxygens (including phenoxy) is 2. The van der Waals surface area contributed by atoms with E-state index in [0.29, 0.717) is 15.8 Å². The standard InChI is InChI=1S/C23H29Cl3O6S/c1-4-33(29,30)14-18(28)13-31-19-7-5-15(6-8-19)23(2,3)16-9-20(25)22(21(26)10-16)32-12-17(27)11-24/h5-10,17-18,27-28H,4,11-14H2,1-3H3. The lowest BCUT2D eigenvalue weighted by atomic mass is 9.78. The van der Waals surface area contributed by atoms with Crippen molar-refractivity contribution in [3.63, 3.8) is 0 Å². The van der Waals surface area contributed by atoms with E-state index in [1.807, 2.05) is 26.0 Å². The van der Waals surface area contributed by atoms with Crippen molar-refractivity contribution in [3.05, 3.63) is 57.6 Å². The summed E-state index contributed by atoms with van der Waals surface area (Å²) >= 11 is 18.4. The molecule has 0 aliphatic carbocycles. The fraction of sp³-hybridized carbons (Fsp3) is 0.478. The van der Waals surface area contributed by atoms with Crippen LogP contribution < -0.4 is 9.47 Å². The van der Waals surface area contributed by atoms with Crippen LogP contribution in [0.3, 0.4) is 0 Å². The van der Waals surface area contributed by atoms with Gasteiger partial charge in [-0.2, -0.15) is 0 Å². The SMILES string of the molecule is CCS(=O)(=O)CC(O)COc1ccc(C(C)(C)c2cc(Cl)c(OCC(O)CCl)c(Cl)c2)cc1. The molecule has 2 rings (SSSR count). The maximum Gasteiger partial charge on any atom is 0.156 e. The lowest BCUT2D eigenvalue weighted by molar-refractivity contribution is 0.125. The highest BCUT2D eigenvalue weighted by atomic mass is 35.5. The van der Waals surface area contributed by atoms with Crippen molar-refractivity contribution in [2.45, 2.75) is 38.4 Å². The average molecular weight is 540 g/mol. The molecule has 33 heavy (non-hydrogen) atoms. The molecule has 184 valence electrons. The van der Waals surface area contributed by atoms with E-state index in [2.05, 4.69) is 0 Å². The first-order valence-corrected chi connectivity index (χ1v) is 13.5. The summed E-state index contributed by atoms with van der Waals surface area (Å²) in [5.41, 5.74) is 1.35. The fourth-order valence-electron chi connectivity index (χ4n) is 3.07. The third kappa shape index (κ3) is 7.91. The maximum absolute atomic E-state index is 11.6. The average Bonchev–Trinajstić information content (AvgIpc) is 2.76. The fourth-order valence-corrected chi connectivity index (χ4v) is 4.67. The highest BCUT2D eigenvalue weighted by Crippen LogP contribution is 2.40. The molecule has 0 heterocycles. The predicted molar refractivity (Wildman–Crippen MR) is 133 cm³/mol. The van der Waals surface area contributed by atoms with Crippen LogP contribution in [-0.2, 0) is 15.3 Å². The lowest BCUT2D eigenvalue weighted by Crippen LogP contribution is -2.28. The Labute approximate surface area is 210 Å². The van der Waals surface area contributed by atoms with Crippen LogP contribution in [0.25, 0.3) is 0 Å². The van der Waals surface area contributed by atoms with Gasteiger partial charge in [-0.1, -0.05) is 56.1 Å². The molecule has 0 spiro atoms. The van der Waals surface area contributed by atoms with Gasteiger partial charge in [0.2, 0.25) is 0 Å². The zero-order valence-corrected chi connectivity index (χ0v) is 21.8. The second-order valence-corrected chi connectivity index (χ2v) is 11.7. The van der Waals surface area contributed by atoms with Crippen molar-refractivity contribution in [2.24, 2.45) is 0 Å². The molecule has 0 aliphatic heterocycles. The molecule has 2 aromatic rings. The third-order valence-corrected chi connectivity index (χ3v) is 7.91. The van der Waals surface area contributed by atoms with E-state index >= 15 is 0 Å². The molecule has 0 aromatic heterocycles. The van der Waals surface area contributed by atoms with Gasteiger partial charge in [-0.3, -0.25) is 0 Å². The number of benzene rings is 2. The normalized spacial score (nSPS) is 14.1. The molecule has 0 bridgehead atoms. The quantitative estimate of drug-likeness (QED) is 0.387. The van der Waals surface area contributed by atoms with E-state index in [0.717, 1.165) is 11.1 Å². The molecular weight excluding hydrogens is 511 g/mol. The van der Waals surface area contributed by atoms with Crippen molar-refractivity contribution < 1.29 is 28.1 Å². The van der Waals surface area contributed by atoms with Crippen LogP contribution in [-0.4, -0.2) is 61.4 Å². The molecule has 0 aliphatic rings. The molecule has 0 fully saturated rings. The number of hydrogen-bond donors (Lipinski definition) is 2. The van der Waals surface area contributed by atoms with E-state index in [-0.39, 0.29) is 36.3 Å². The maximum atomic E-state index is 11.6. The first-order valence-electron chi connectivity index (χ1n) is 10.4. The van der Waals surface area contributed by atoms with E-state index in [4.69, 9.17) is 44.3 Å². The largest absolute Gasteiger partial charge is 0.491 e. The molecule has 0 saturated carbocycles. The molecule has 2 aromatic carbocycles. The van der Waals surface area contributed by atoms with Crippen LogP contribution >= 0.6 is 34.8 Å². The Bertz CT molecular complexity index is 1000. The zero-order valence-electron chi connectivity index (χ0n) is 18.7. The van der Waals surface area contributed by atoms with E-state index in [1.54, 1.807) is 24.3 Å². The van der Waals surface area contributed by atoms with Gasteiger partial charge in [-0.05, 0) is 35.4 Å². The van der Waals surface area contributed by atoms with Crippen LogP contribution in [0, 0.1) is 0 Å². The minimum atomic E-state index is -3.28. The Morgan fingerprint density at radius 2 is 1.48 bits per heavy atom. The van der Waals surface area contributed by atoms with E-state index < -0.39 is 27.5 Å². The van der Waals surface area contributed by atoms with Gasteiger partial charge < -0.3 is 19.7 Å². The van der Waals surface area contributed by atoms with Crippen LogP contribution in [0.5, 0.6) is 11.5 Å². The zero-order chi connectivity index (χ0) is 24.8. The summed E-state index contributed by atoms with van der Waals surface area (Å²) in [7, 11) is -3.28. The summed E-state index contributed by atoms with van der Waals surface area (Å²) in [4.78, 5) is 0. The minimum absolute atomic E-state index is 0.0216. The smallest absolute Gasteiger partial charge is 0.156 e. The van der Waals surface area contributed by atoms with Crippen LogP contribution in [0.1, 0.15) is 31.9 Å². The molecular formula is C23H29Cl3O6S. The molecule has 6 nitrogen and oxygen atoms in total. The minimum Gasteiger partial charge on any atom is -0.491 e. The Morgan fingerprint density at radius 1 is 0.939 bits per heavy atom. The number of hydrogen-bond acceptors (Lipinski definition) is 6. The van der Waals surface area contributed by atoms with Crippen molar-refractivity contribution in [1.82, 2.24) is 0 Å². The van der Waals surface area contributed by atoms with Gasteiger partial charge in [-0.25, -0.2) is 8.42 Å². The Hall–Kier alpha value is -1.22. The first kappa shape index (κ1) is 28.0. The lowest BCUT2D eigenvalue weighted by Gasteiger charge is -2.27. The summed E-state index contributed by atoms with van der Waals surface area (Å²) in [6.45, 7) is 5.43. The molecule has 2 atom stereocenters. The van der Waals surface area contributed by atoms with Crippen molar-refractivity contribution in [1.29, 1.82) is 0 Å². The van der Waals surface area contributed by atoms with Crippen LogP contribution in [0.2, 0.25) is 10.0 Å². The van der Waals surface area contributed by atoms with Gasteiger partial charge in [0.05, 0.1) is 21.7 Å². The van der Waals surface area contributed by atoms with Gasteiger partial charge in [-0.15, -0.1) is 11.6 Å². The van der Waals surface area contributed by atoms with Gasteiger partial charge in [0.25, 0.3) is 0 Å². The summed E-state index contributed by atoms with van der Waals surface area (Å²) < 4.78 is 34.3. The number of sulfone groups is 1. The summed E-state index contributed by atoms with van der Waals surface area (Å²) in [5, 5.41) is 20.1. The number of rotatable bonds is 12. The summed E-state index contributed by atoms with van der Waals surface area (Å²) in [6.07, 6.45) is -1.92. The number of aliphatic hydroxyl groups is 2. The molecule has 0 amide bonds. The molecule has 0 radical (unpaired) electrons. The Balaban J connectivity index is 2.12. The van der Waals surface area contributed by atoms with Gasteiger partial charge in [0.1, 0.15) is 31.2 Å². The molecule has 2 N–H and O–H groups in total. The summed E-state index contributed by atoms with van der Waals surface area (Å²) in [6, 6.07) is 10.8. The number of halogens is 3. The molecule has 2 unspecified atom stereocenters. The van der Waals surface area contributed by atoms with Gasteiger partial charge in [0, 0.05) is 11.2 Å². The number of aliphatic hydroxyl groups excluding tert-OH is 2. The Morgan fingerprint density at radius 3 is 2.00 bits per heavy atom. The topological polar surface area (TPSA) is 93.1 Å². The monoisotopic (exact) mass is 538 g/mol. The highest BCUT2D eigenvalue weighted by molar-refractivity contribution is 7.91. The van der Waals surface area contributed by atoms with Crippen LogP contribution in [0.15, 0.2) is 36.4 Å². The second kappa shape index (κ2) is 12.0.